The number of rotatable bonds is 7. The van der Waals surface area contributed by atoms with Crippen molar-refractivity contribution in [2.24, 2.45) is 10.9 Å². The minimum atomic E-state index is -1.17. The fourth-order valence-corrected chi connectivity index (χ4v) is 3.28. The molecule has 1 saturated heterocycles. The topological polar surface area (TPSA) is 76.4 Å². The number of alkyl halides is 1. The first kappa shape index (κ1) is 18.9. The van der Waals surface area contributed by atoms with Gasteiger partial charge in [-0.3, -0.25) is 4.90 Å². The van der Waals surface area contributed by atoms with E-state index in [1.54, 1.807) is 20.0 Å². The molecule has 6 nitrogen and oxygen atoms in total. The van der Waals surface area contributed by atoms with E-state index in [2.05, 4.69) is 4.99 Å². The van der Waals surface area contributed by atoms with Crippen LogP contribution in [0.1, 0.15) is 40.5 Å². The highest BCUT2D eigenvalue weighted by Crippen LogP contribution is 2.26. The average Bonchev–Trinajstić information content (AvgIpc) is 2.41. The van der Waals surface area contributed by atoms with E-state index in [1.807, 2.05) is 18.7 Å². The molecule has 0 bridgehead atoms. The quantitative estimate of drug-likeness (QED) is 0.739. The number of carboxylic acids is 1. The predicted octanol–water partition coefficient (Wildman–Crippen LogP) is 1.86. The van der Waals surface area contributed by atoms with Gasteiger partial charge in [0.2, 0.25) is 6.35 Å². The lowest BCUT2D eigenvalue weighted by Crippen LogP contribution is -2.57. The van der Waals surface area contributed by atoms with Crippen LogP contribution in [-0.2, 0) is 4.79 Å². The molecule has 0 aromatic carbocycles. The second-order valence-corrected chi connectivity index (χ2v) is 7.52. The number of aliphatic carboxylic acids is 1. The molecule has 0 saturated carbocycles. The third-order valence-corrected chi connectivity index (χ3v) is 4.49. The molecule has 0 radical (unpaired) electrons. The highest BCUT2D eigenvalue weighted by atomic mass is 19.1. The summed E-state index contributed by atoms with van der Waals surface area (Å²) < 4.78 is 13.5. The number of aliphatic hydroxyl groups is 1. The van der Waals surface area contributed by atoms with E-state index >= 15 is 0 Å². The van der Waals surface area contributed by atoms with E-state index in [9.17, 15) is 19.4 Å². The van der Waals surface area contributed by atoms with Crippen LogP contribution in [0.4, 0.5) is 4.39 Å². The summed E-state index contributed by atoms with van der Waals surface area (Å²) in [5.74, 6) is -0.783. The molecule has 0 amide bonds. The lowest BCUT2D eigenvalue weighted by Gasteiger charge is -2.42. The molecular weight excluding hydrogens is 313 g/mol. The van der Waals surface area contributed by atoms with Crippen LogP contribution in [-0.4, -0.2) is 69.4 Å². The maximum Gasteiger partial charge on any atom is 0.326 e. The SMILES string of the molecule is CC1=N[C@@H](O)N([C@@H](CC(C)C)C(=O)O)C=C1CCN1CC(C)(F)C1. The standard InChI is InChI=1S/C17H28FN3O3/c1-11(2)7-14(15(22)23)21-8-13(12(3)19-16(21)24)5-6-20-9-17(4,18)10-20/h8,11,14,16,24H,5-7,9-10H2,1-4H3,(H,22,23)/t14-,16+/m0/s1. The van der Waals surface area contributed by atoms with Crippen LogP contribution in [0.5, 0.6) is 0 Å². The number of likely N-dealkylation sites (tertiary alicyclic amines) is 1. The van der Waals surface area contributed by atoms with Gasteiger partial charge in [-0.2, -0.15) is 0 Å². The lowest BCUT2D eigenvalue weighted by molar-refractivity contribution is -0.146. The number of carboxylic acid groups (broad SMARTS) is 1. The molecule has 136 valence electrons. The molecule has 2 aliphatic heterocycles. The maximum atomic E-state index is 13.5. The largest absolute Gasteiger partial charge is 0.480 e. The molecular formula is C17H28FN3O3. The molecule has 2 rings (SSSR count). The van der Waals surface area contributed by atoms with Gasteiger partial charge < -0.3 is 15.1 Å². The van der Waals surface area contributed by atoms with Crippen LogP contribution in [0, 0.1) is 5.92 Å². The summed E-state index contributed by atoms with van der Waals surface area (Å²) in [6.07, 6.45) is 1.62. The predicted molar refractivity (Wildman–Crippen MR) is 90.5 cm³/mol. The van der Waals surface area contributed by atoms with Crippen molar-refractivity contribution in [2.75, 3.05) is 19.6 Å². The first-order valence-corrected chi connectivity index (χ1v) is 8.44. The summed E-state index contributed by atoms with van der Waals surface area (Å²) in [6, 6.07) is -0.815. The van der Waals surface area contributed by atoms with Gasteiger partial charge in [0.05, 0.1) is 0 Å². The zero-order valence-electron chi connectivity index (χ0n) is 14.9. The van der Waals surface area contributed by atoms with Crippen LogP contribution in [0.25, 0.3) is 0 Å². The average molecular weight is 341 g/mol. The monoisotopic (exact) mass is 341 g/mol. The number of nitrogens with zero attached hydrogens (tertiary/aromatic N) is 3. The first-order chi connectivity index (χ1) is 11.1. The van der Waals surface area contributed by atoms with Gasteiger partial charge in [0.25, 0.3) is 0 Å². The van der Waals surface area contributed by atoms with Crippen LogP contribution in [0.3, 0.4) is 0 Å². The Morgan fingerprint density at radius 2 is 2.12 bits per heavy atom. The third kappa shape index (κ3) is 4.54. The Hall–Kier alpha value is -1.47. The molecule has 1 fully saturated rings. The molecule has 2 aliphatic rings. The van der Waals surface area contributed by atoms with Gasteiger partial charge in [-0.15, -0.1) is 0 Å². The lowest BCUT2D eigenvalue weighted by atomic mass is 9.97. The van der Waals surface area contributed by atoms with Crippen LogP contribution in [0.15, 0.2) is 16.8 Å². The van der Waals surface area contributed by atoms with Crippen molar-refractivity contribution in [3.63, 3.8) is 0 Å². The normalized spacial score (nSPS) is 25.1. The molecule has 0 aliphatic carbocycles. The van der Waals surface area contributed by atoms with Gasteiger partial charge in [-0.05, 0) is 38.2 Å². The zero-order valence-corrected chi connectivity index (χ0v) is 14.9. The highest BCUT2D eigenvalue weighted by Gasteiger charge is 2.38. The Kier molecular flexibility index (Phi) is 5.65. The Bertz CT molecular complexity index is 537. The van der Waals surface area contributed by atoms with E-state index in [0.717, 1.165) is 5.57 Å². The molecule has 7 heteroatoms. The molecule has 0 spiro atoms. The van der Waals surface area contributed by atoms with Crippen molar-refractivity contribution in [1.29, 1.82) is 0 Å². The van der Waals surface area contributed by atoms with Crippen LogP contribution < -0.4 is 0 Å². The second kappa shape index (κ2) is 7.19. The van der Waals surface area contributed by atoms with E-state index in [1.165, 1.54) is 4.90 Å². The Balaban J connectivity index is 2.05. The van der Waals surface area contributed by atoms with Crippen molar-refractivity contribution in [3.8, 4) is 0 Å². The Morgan fingerprint density at radius 3 is 2.62 bits per heavy atom. The zero-order chi connectivity index (χ0) is 18.1. The van der Waals surface area contributed by atoms with E-state index in [0.29, 0.717) is 38.2 Å². The van der Waals surface area contributed by atoms with Crippen molar-refractivity contribution >= 4 is 11.7 Å². The van der Waals surface area contributed by atoms with Gasteiger partial charge in [0.1, 0.15) is 11.7 Å². The summed E-state index contributed by atoms with van der Waals surface area (Å²) in [4.78, 5) is 19.2. The summed E-state index contributed by atoms with van der Waals surface area (Å²) >= 11 is 0. The fraction of sp³-hybridized carbons (Fsp3) is 0.765. The minimum Gasteiger partial charge on any atom is -0.480 e. The number of halogens is 1. The smallest absolute Gasteiger partial charge is 0.326 e. The molecule has 0 aromatic heterocycles. The van der Waals surface area contributed by atoms with Gasteiger partial charge >= 0.3 is 5.97 Å². The summed E-state index contributed by atoms with van der Waals surface area (Å²) in [6.45, 7) is 8.84. The number of hydrogen-bond donors (Lipinski definition) is 2. The summed E-state index contributed by atoms with van der Waals surface area (Å²) in [5.41, 5.74) is 0.497. The van der Waals surface area contributed by atoms with Crippen LogP contribution in [0.2, 0.25) is 0 Å². The van der Waals surface area contributed by atoms with Gasteiger partial charge in [0, 0.05) is 31.5 Å². The van der Waals surface area contributed by atoms with E-state index < -0.39 is 24.0 Å². The Morgan fingerprint density at radius 1 is 1.50 bits per heavy atom. The number of hydrogen-bond acceptors (Lipinski definition) is 5. The molecule has 2 heterocycles. The molecule has 2 atom stereocenters. The third-order valence-electron chi connectivity index (χ3n) is 4.49. The van der Waals surface area contributed by atoms with Crippen molar-refractivity contribution < 1.29 is 19.4 Å². The van der Waals surface area contributed by atoms with E-state index in [4.69, 9.17) is 0 Å². The van der Waals surface area contributed by atoms with Crippen molar-refractivity contribution in [3.05, 3.63) is 11.8 Å². The Labute approximate surface area is 142 Å². The minimum absolute atomic E-state index is 0.186. The fourth-order valence-electron chi connectivity index (χ4n) is 3.28. The molecule has 0 unspecified atom stereocenters. The van der Waals surface area contributed by atoms with Gasteiger partial charge in [0.15, 0.2) is 0 Å². The number of carbonyl (C=O) groups is 1. The molecule has 0 aromatic rings. The van der Waals surface area contributed by atoms with Crippen molar-refractivity contribution in [2.45, 2.75) is 58.6 Å². The second-order valence-electron chi connectivity index (χ2n) is 7.52. The molecule has 2 N–H and O–H groups in total. The summed E-state index contributed by atoms with van der Waals surface area (Å²) in [7, 11) is 0. The summed E-state index contributed by atoms with van der Waals surface area (Å²) in [5, 5.41) is 19.7. The van der Waals surface area contributed by atoms with Crippen LogP contribution >= 0.6 is 0 Å². The maximum absolute atomic E-state index is 13.5. The van der Waals surface area contributed by atoms with Gasteiger partial charge in [-0.1, -0.05) is 13.8 Å². The van der Waals surface area contributed by atoms with E-state index in [-0.39, 0.29) is 5.92 Å². The molecule has 24 heavy (non-hydrogen) atoms. The number of aliphatic imine (C=N–C) groups is 1. The first-order valence-electron chi connectivity index (χ1n) is 8.44. The van der Waals surface area contributed by atoms with Gasteiger partial charge in [-0.25, -0.2) is 14.2 Å². The van der Waals surface area contributed by atoms with Crippen molar-refractivity contribution in [1.82, 2.24) is 9.80 Å². The number of aliphatic hydroxyl groups excluding tert-OH is 1. The highest BCUT2D eigenvalue weighted by molar-refractivity contribution is 5.98.